The van der Waals surface area contributed by atoms with Crippen LogP contribution in [0.25, 0.3) is 44.5 Å². The van der Waals surface area contributed by atoms with E-state index in [-0.39, 0.29) is 25.7 Å². The molecule has 6 rings (SSSR count). The van der Waals surface area contributed by atoms with Gasteiger partial charge in [-0.3, -0.25) is 0 Å². The second-order valence-electron chi connectivity index (χ2n) is 9.51. The van der Waals surface area contributed by atoms with E-state index in [0.29, 0.717) is 6.04 Å². The molecule has 0 amide bonds. The van der Waals surface area contributed by atoms with Crippen LogP contribution >= 0.6 is 0 Å². The summed E-state index contributed by atoms with van der Waals surface area (Å²) in [6.07, 6.45) is 3.04. The van der Waals surface area contributed by atoms with E-state index in [1.54, 1.807) is 36.5 Å². The summed E-state index contributed by atoms with van der Waals surface area (Å²) in [6, 6.07) is 31.3. The molecule has 3 aromatic heterocycles. The Morgan fingerprint density at radius 2 is 1.76 bits per heavy atom. The number of fused-ring (bicyclic) bond motifs is 3. The van der Waals surface area contributed by atoms with E-state index in [4.69, 9.17) is 9.90 Å². The second kappa shape index (κ2) is 11.3. The Balaban J connectivity index is 0.000000200. The summed E-state index contributed by atoms with van der Waals surface area (Å²) in [6.45, 7) is 4.95. The van der Waals surface area contributed by atoms with Crippen LogP contribution in [-0.4, -0.2) is 18.0 Å². The van der Waals surface area contributed by atoms with Crippen LogP contribution in [0.5, 0.6) is 0 Å². The average Bonchev–Trinajstić information content (AvgIpc) is 3.31. The molecule has 187 valence electrons. The Morgan fingerprint density at radius 3 is 2.46 bits per heavy atom. The smallest absolute Gasteiger partial charge is 0.120 e. The number of benzene rings is 3. The van der Waals surface area contributed by atoms with Crippen LogP contribution in [0.4, 0.5) is 0 Å². The van der Waals surface area contributed by atoms with Gasteiger partial charge in [0, 0.05) is 42.0 Å². The molecule has 0 aliphatic rings. The van der Waals surface area contributed by atoms with Crippen LogP contribution in [0.1, 0.15) is 11.0 Å². The van der Waals surface area contributed by atoms with Gasteiger partial charge in [0.1, 0.15) is 5.58 Å². The minimum atomic E-state index is -2.09. The van der Waals surface area contributed by atoms with Gasteiger partial charge in [-0.1, -0.05) is 72.2 Å². The van der Waals surface area contributed by atoms with Gasteiger partial charge in [-0.15, -0.1) is 54.1 Å². The summed E-state index contributed by atoms with van der Waals surface area (Å²) in [5.41, 5.74) is 5.05. The first-order valence-corrected chi connectivity index (χ1v) is 15.2. The Bertz CT molecular complexity index is 1780. The number of furan rings is 1. The zero-order chi connectivity index (χ0) is 28.5. The Hall–Kier alpha value is -3.37. The topological polar surface area (TPSA) is 38.9 Å². The maximum Gasteiger partial charge on any atom is 0.120 e. The molecule has 3 nitrogen and oxygen atoms in total. The third kappa shape index (κ3) is 5.96. The van der Waals surface area contributed by atoms with Gasteiger partial charge in [0.25, 0.3) is 0 Å². The predicted octanol–water partition coefficient (Wildman–Crippen LogP) is 7.85. The normalized spacial score (nSPS) is 12.9. The number of aryl methyl sites for hydroxylation is 1. The SMILES string of the molecule is [2H]C([2H])([2H])c1ccc(-c2[c-]cccc2)nc1.[2H]c1ccnc(-c2[c-]ccc3c2oc2ccc([Si](C)(C)C)cc23)c1.[Ir]. The summed E-state index contributed by atoms with van der Waals surface area (Å²) in [5.74, 6) is 0. The van der Waals surface area contributed by atoms with E-state index in [1.807, 2.05) is 30.3 Å². The molecular weight excluding hydrogens is 649 g/mol. The average molecular weight is 681 g/mol. The molecule has 0 bridgehead atoms. The molecule has 5 heteroatoms. The summed E-state index contributed by atoms with van der Waals surface area (Å²) < 4.78 is 35.6. The van der Waals surface area contributed by atoms with Gasteiger partial charge in [0.05, 0.1) is 15.0 Å². The van der Waals surface area contributed by atoms with Crippen molar-refractivity contribution in [1.82, 2.24) is 9.97 Å². The van der Waals surface area contributed by atoms with Gasteiger partial charge in [0.15, 0.2) is 0 Å². The first-order chi connectivity index (χ1) is 19.0. The predicted molar refractivity (Wildman–Crippen MR) is 152 cm³/mol. The van der Waals surface area contributed by atoms with Crippen molar-refractivity contribution in [3.63, 3.8) is 0 Å². The largest absolute Gasteiger partial charge is 0.501 e. The van der Waals surface area contributed by atoms with Crippen molar-refractivity contribution >= 4 is 35.2 Å². The van der Waals surface area contributed by atoms with Crippen molar-refractivity contribution < 1.29 is 30.0 Å². The zero-order valence-electron chi connectivity index (χ0n) is 24.8. The number of hydrogen-bond donors (Lipinski definition) is 0. The molecule has 1 radical (unpaired) electrons. The van der Waals surface area contributed by atoms with Crippen molar-refractivity contribution in [2.75, 3.05) is 0 Å². The van der Waals surface area contributed by atoms with Crippen molar-refractivity contribution in [2.24, 2.45) is 0 Å². The zero-order valence-corrected chi connectivity index (χ0v) is 24.2. The molecule has 0 atom stereocenters. The molecule has 6 aromatic rings. The van der Waals surface area contributed by atoms with Gasteiger partial charge in [-0.05, 0) is 35.9 Å². The van der Waals surface area contributed by atoms with E-state index in [0.717, 1.165) is 44.5 Å². The maximum atomic E-state index is 7.82. The molecule has 0 unspecified atom stereocenters. The first kappa shape index (κ1) is 21.7. The van der Waals surface area contributed by atoms with E-state index >= 15 is 0 Å². The van der Waals surface area contributed by atoms with Gasteiger partial charge >= 0.3 is 0 Å². The van der Waals surface area contributed by atoms with Gasteiger partial charge in [-0.2, -0.15) is 0 Å². The minimum absolute atomic E-state index is 0. The van der Waals surface area contributed by atoms with E-state index in [2.05, 4.69) is 59.9 Å². The van der Waals surface area contributed by atoms with Crippen LogP contribution in [0.2, 0.25) is 19.6 Å². The van der Waals surface area contributed by atoms with Gasteiger partial charge in [-0.25, -0.2) is 0 Å². The van der Waals surface area contributed by atoms with Crippen molar-refractivity contribution in [2.45, 2.75) is 26.5 Å². The summed E-state index contributed by atoms with van der Waals surface area (Å²) in [7, 11) is -1.38. The number of rotatable bonds is 3. The fourth-order valence-electron chi connectivity index (χ4n) is 3.97. The molecule has 37 heavy (non-hydrogen) atoms. The molecule has 0 spiro atoms. The fourth-order valence-corrected chi connectivity index (χ4v) is 5.13. The minimum Gasteiger partial charge on any atom is -0.501 e. The molecule has 3 heterocycles. The Kier molecular flexibility index (Phi) is 6.65. The number of pyridine rings is 2. The maximum absolute atomic E-state index is 7.82. The van der Waals surface area contributed by atoms with Crippen molar-refractivity contribution in [3.05, 3.63) is 115 Å². The quantitative estimate of drug-likeness (QED) is 0.141. The fraction of sp³-hybridized carbons (Fsp3) is 0.125. The third-order valence-electron chi connectivity index (χ3n) is 5.91. The van der Waals surface area contributed by atoms with Gasteiger partial charge < -0.3 is 14.4 Å². The standard InChI is InChI=1S/C20H18NOSi.C12H10N.Ir/c1-23(2,3)14-10-11-19-17(13-14)15-7-6-8-16(20(15)22-19)18-9-4-5-12-21-18;1-10-7-8-12(13-9-10)11-5-3-2-4-6-11;/h4-7,9-13H,1-3H3;2-5,7-9H,1H3;/q2*-1;/i4D;1D3;. The molecule has 0 aliphatic carbocycles. The number of hydrogen-bond acceptors (Lipinski definition) is 3. The van der Waals surface area contributed by atoms with Crippen LogP contribution in [-0.2, 0) is 20.1 Å². The first-order valence-electron chi connectivity index (χ1n) is 13.7. The third-order valence-corrected chi connectivity index (χ3v) is 7.95. The number of nitrogens with zero attached hydrogens (tertiary/aromatic N) is 2. The molecule has 0 saturated carbocycles. The van der Waals surface area contributed by atoms with Crippen molar-refractivity contribution in [1.29, 1.82) is 0 Å². The molecule has 0 saturated heterocycles. The Morgan fingerprint density at radius 1 is 0.865 bits per heavy atom. The number of aromatic nitrogens is 2. The van der Waals surface area contributed by atoms with Crippen LogP contribution < -0.4 is 5.19 Å². The molecule has 3 aromatic carbocycles. The van der Waals surface area contributed by atoms with Gasteiger partial charge in [0.2, 0.25) is 0 Å². The van der Waals surface area contributed by atoms with Crippen LogP contribution in [0.15, 0.2) is 102 Å². The summed E-state index contributed by atoms with van der Waals surface area (Å²) in [5, 5.41) is 3.64. The van der Waals surface area contributed by atoms with E-state index in [9.17, 15) is 0 Å². The van der Waals surface area contributed by atoms with E-state index < -0.39 is 14.9 Å². The molecule has 0 aliphatic heterocycles. The Labute approximate surface area is 238 Å². The molecule has 0 N–H and O–H groups in total. The molecular formula is C32H28IrN2OSi-2. The summed E-state index contributed by atoms with van der Waals surface area (Å²) >= 11 is 0. The monoisotopic (exact) mass is 681 g/mol. The van der Waals surface area contributed by atoms with E-state index in [1.165, 1.54) is 11.4 Å². The molecule has 0 fully saturated rings. The summed E-state index contributed by atoms with van der Waals surface area (Å²) in [4.78, 5) is 8.51. The van der Waals surface area contributed by atoms with Crippen molar-refractivity contribution in [3.8, 4) is 22.5 Å². The van der Waals surface area contributed by atoms with Crippen LogP contribution in [0.3, 0.4) is 0 Å². The second-order valence-corrected chi connectivity index (χ2v) is 14.6. The van der Waals surface area contributed by atoms with Crippen LogP contribution in [0, 0.1) is 19.0 Å².